The van der Waals surface area contributed by atoms with E-state index in [1.54, 1.807) is 25.6 Å². The highest BCUT2D eigenvalue weighted by molar-refractivity contribution is 7.19. The van der Waals surface area contributed by atoms with Crippen molar-refractivity contribution in [1.82, 2.24) is 4.90 Å². The number of aryl methyl sites for hydroxylation is 1. The first-order valence-electron chi connectivity index (χ1n) is 14.7. The van der Waals surface area contributed by atoms with Gasteiger partial charge in [0.25, 0.3) is 5.01 Å². The van der Waals surface area contributed by atoms with Crippen molar-refractivity contribution in [3.63, 3.8) is 0 Å². The predicted molar refractivity (Wildman–Crippen MR) is 181 cm³/mol. The van der Waals surface area contributed by atoms with E-state index in [9.17, 15) is 0 Å². The van der Waals surface area contributed by atoms with Gasteiger partial charge in [-0.25, -0.2) is 0 Å². The largest absolute Gasteiger partial charge is 0.496 e. The first-order valence-corrected chi connectivity index (χ1v) is 15.5. The zero-order valence-corrected chi connectivity index (χ0v) is 26.7. The molecule has 0 bridgehead atoms. The van der Waals surface area contributed by atoms with Crippen molar-refractivity contribution in [3.8, 4) is 22.6 Å². The highest BCUT2D eigenvalue weighted by atomic mass is 32.1. The summed E-state index contributed by atoms with van der Waals surface area (Å²) < 4.78 is 21.3. The van der Waals surface area contributed by atoms with Crippen LogP contribution in [-0.2, 0) is 18.3 Å². The van der Waals surface area contributed by atoms with Crippen LogP contribution >= 0.6 is 11.3 Å². The van der Waals surface area contributed by atoms with Gasteiger partial charge in [0, 0.05) is 30.3 Å². The van der Waals surface area contributed by atoms with Gasteiger partial charge in [0.2, 0.25) is 5.52 Å². The fourth-order valence-corrected chi connectivity index (χ4v) is 6.73. The molecule has 6 nitrogen and oxygen atoms in total. The molecule has 5 aromatic rings. The second kappa shape index (κ2) is 13.0. The summed E-state index contributed by atoms with van der Waals surface area (Å²) in [6.07, 6.45) is 4.47. The topological polar surface area (TPSA) is 38.1 Å². The van der Waals surface area contributed by atoms with E-state index in [0.717, 1.165) is 57.9 Å². The number of hydrogen-bond acceptors (Lipinski definition) is 6. The van der Waals surface area contributed by atoms with Crippen molar-refractivity contribution in [2.24, 2.45) is 7.05 Å². The summed E-state index contributed by atoms with van der Waals surface area (Å²) >= 11 is 1.77. The number of aromatic nitrogens is 1. The first-order chi connectivity index (χ1) is 21.5. The fraction of sp³-hybridized carbons (Fsp3) is 0.216. The van der Waals surface area contributed by atoms with Crippen LogP contribution in [-0.4, -0.2) is 46.4 Å². The van der Waals surface area contributed by atoms with Gasteiger partial charge in [-0.15, -0.1) is 0 Å². The van der Waals surface area contributed by atoms with E-state index in [1.165, 1.54) is 21.3 Å². The smallest absolute Gasteiger partial charge is 0.263 e. The maximum atomic E-state index is 6.48. The summed E-state index contributed by atoms with van der Waals surface area (Å²) in [6.45, 7) is 2.16. The van der Waals surface area contributed by atoms with E-state index in [0.29, 0.717) is 6.61 Å². The molecule has 7 heteroatoms. The van der Waals surface area contributed by atoms with Crippen LogP contribution in [0.25, 0.3) is 33.0 Å². The second-order valence-electron chi connectivity index (χ2n) is 11.0. The van der Waals surface area contributed by atoms with Crippen LogP contribution in [0, 0.1) is 0 Å². The van der Waals surface area contributed by atoms with Gasteiger partial charge >= 0.3 is 0 Å². The number of methoxy groups -OCH3 is 2. The molecule has 0 unspecified atom stereocenters. The van der Waals surface area contributed by atoms with E-state index in [1.807, 2.05) is 18.2 Å². The zero-order chi connectivity index (χ0) is 30.6. The number of ether oxygens (including phenoxy) is 3. The Hall–Kier alpha value is -4.59. The van der Waals surface area contributed by atoms with Gasteiger partial charge in [0.15, 0.2) is 5.88 Å². The van der Waals surface area contributed by atoms with E-state index < -0.39 is 0 Å². The highest BCUT2D eigenvalue weighted by Crippen LogP contribution is 2.41. The standard InChI is InChI=1S/C37H38N3O3S/c1-38(2)20-21-43-35-23-28(29-14-9-10-15-30(29)40(35)25-26-12-7-6-8-13-26)24-36-39(3)31-19-18-27(22-34(31)44-36)37-32(41-4)16-11-17-33(37)42-5/h6-19,22-24H,20-21,25H2,1-5H3/q+1. The number of para-hydroxylation sites is 1. The van der Waals surface area contributed by atoms with Crippen LogP contribution in [0.15, 0.2) is 103 Å². The number of benzene rings is 4. The van der Waals surface area contributed by atoms with Crippen molar-refractivity contribution < 1.29 is 18.8 Å². The monoisotopic (exact) mass is 604 g/mol. The van der Waals surface area contributed by atoms with E-state index in [-0.39, 0.29) is 0 Å². The molecule has 0 spiro atoms. The molecule has 44 heavy (non-hydrogen) atoms. The van der Waals surface area contributed by atoms with Gasteiger partial charge in [0.1, 0.15) is 29.9 Å². The van der Waals surface area contributed by atoms with Crippen molar-refractivity contribution in [1.29, 1.82) is 0 Å². The van der Waals surface area contributed by atoms with Gasteiger partial charge in [-0.05, 0) is 61.1 Å². The van der Waals surface area contributed by atoms with E-state index >= 15 is 0 Å². The highest BCUT2D eigenvalue weighted by Gasteiger charge is 2.26. The minimum Gasteiger partial charge on any atom is -0.496 e. The average molecular weight is 605 g/mol. The molecule has 0 N–H and O–H groups in total. The third kappa shape index (κ3) is 5.94. The van der Waals surface area contributed by atoms with E-state index in [2.05, 4.69) is 120 Å². The van der Waals surface area contributed by atoms with Gasteiger partial charge in [0.05, 0.1) is 32.0 Å². The molecule has 0 amide bonds. The molecule has 0 atom stereocenters. The number of anilines is 1. The molecule has 1 aliphatic rings. The Bertz CT molecular complexity index is 1820. The maximum Gasteiger partial charge on any atom is 0.263 e. The molecule has 0 aliphatic carbocycles. The van der Waals surface area contributed by atoms with Crippen LogP contribution in [0.2, 0.25) is 0 Å². The molecule has 6 rings (SSSR count). The van der Waals surface area contributed by atoms with Crippen LogP contribution in [0.1, 0.15) is 16.1 Å². The molecular weight excluding hydrogens is 566 g/mol. The predicted octanol–water partition coefficient (Wildman–Crippen LogP) is 7.39. The Morgan fingerprint density at radius 1 is 0.864 bits per heavy atom. The molecule has 1 aromatic heterocycles. The van der Waals surface area contributed by atoms with Gasteiger partial charge < -0.3 is 24.0 Å². The lowest BCUT2D eigenvalue weighted by atomic mass is 9.98. The molecule has 1 aliphatic heterocycles. The van der Waals surface area contributed by atoms with Crippen molar-refractivity contribution >= 4 is 38.9 Å². The molecule has 0 saturated heterocycles. The Morgan fingerprint density at radius 3 is 2.32 bits per heavy atom. The summed E-state index contributed by atoms with van der Waals surface area (Å²) in [5.74, 6) is 2.44. The average Bonchev–Trinajstić information content (AvgIpc) is 3.36. The Labute approximate surface area is 263 Å². The minimum atomic E-state index is 0.603. The molecular formula is C37H38N3O3S+. The number of fused-ring (bicyclic) bond motifs is 2. The number of allylic oxidation sites excluding steroid dienone is 2. The number of nitrogens with zero attached hydrogens (tertiary/aromatic N) is 3. The minimum absolute atomic E-state index is 0.603. The van der Waals surface area contributed by atoms with Crippen LogP contribution in [0.3, 0.4) is 0 Å². The van der Waals surface area contributed by atoms with Gasteiger partial charge in [-0.2, -0.15) is 4.57 Å². The number of likely N-dealkylation sites (N-methyl/N-ethyl adjacent to an activating group) is 1. The SMILES string of the molecule is COc1cccc(OC)c1-c1ccc2c(c1)sc(C=C1C=C(OCCN(C)C)N(Cc3ccccc3)c3ccccc31)[n+]2C. The second-order valence-corrected chi connectivity index (χ2v) is 12.1. The molecule has 0 fully saturated rings. The maximum absolute atomic E-state index is 6.48. The zero-order valence-electron chi connectivity index (χ0n) is 25.9. The lowest BCUT2D eigenvalue weighted by Gasteiger charge is -2.33. The molecule has 0 saturated carbocycles. The van der Waals surface area contributed by atoms with Gasteiger partial charge in [-0.3, -0.25) is 0 Å². The Kier molecular flexibility index (Phi) is 8.68. The summed E-state index contributed by atoms with van der Waals surface area (Å²) in [5, 5.41) is 1.15. The van der Waals surface area contributed by atoms with Crippen LogP contribution in [0.4, 0.5) is 5.69 Å². The molecule has 2 heterocycles. The Morgan fingerprint density at radius 2 is 1.59 bits per heavy atom. The normalized spacial score (nSPS) is 13.7. The molecule has 0 radical (unpaired) electrons. The van der Waals surface area contributed by atoms with Crippen molar-refractivity contribution in [2.45, 2.75) is 6.54 Å². The van der Waals surface area contributed by atoms with Crippen molar-refractivity contribution in [3.05, 3.63) is 119 Å². The molecule has 224 valence electrons. The lowest BCUT2D eigenvalue weighted by molar-refractivity contribution is -0.642. The summed E-state index contributed by atoms with van der Waals surface area (Å²) in [4.78, 5) is 4.43. The van der Waals surface area contributed by atoms with Gasteiger partial charge in [-0.1, -0.05) is 65.9 Å². The number of hydrogen-bond donors (Lipinski definition) is 0. The third-order valence-corrected chi connectivity index (χ3v) is 9.03. The Balaban J connectivity index is 1.43. The van der Waals surface area contributed by atoms with Crippen LogP contribution < -0.4 is 18.9 Å². The van der Waals surface area contributed by atoms with Crippen molar-refractivity contribution in [2.75, 3.05) is 46.4 Å². The van der Waals surface area contributed by atoms with Crippen LogP contribution in [0.5, 0.6) is 11.5 Å². The fourth-order valence-electron chi connectivity index (χ4n) is 5.58. The third-order valence-electron chi connectivity index (χ3n) is 7.88. The molecule has 4 aromatic carbocycles. The first kappa shape index (κ1) is 29.5. The number of thiazole rings is 1. The summed E-state index contributed by atoms with van der Waals surface area (Å²) in [5.41, 5.74) is 7.86. The lowest BCUT2D eigenvalue weighted by Crippen LogP contribution is -2.30. The number of rotatable bonds is 10. The quantitative estimate of drug-likeness (QED) is 0.156. The summed E-state index contributed by atoms with van der Waals surface area (Å²) in [6, 6.07) is 31.6. The van der Waals surface area contributed by atoms with E-state index in [4.69, 9.17) is 14.2 Å². The summed E-state index contributed by atoms with van der Waals surface area (Å²) in [7, 11) is 9.65.